The van der Waals surface area contributed by atoms with Gasteiger partial charge in [-0.15, -0.1) is 0 Å². The average molecular weight is 366 g/mol. The number of nitrogens with zero attached hydrogens (tertiary/aromatic N) is 1. The molecule has 142 valence electrons. The number of carbonyl (C=O) groups excluding carboxylic acids is 1. The zero-order valence-electron chi connectivity index (χ0n) is 15.7. The van der Waals surface area contributed by atoms with Gasteiger partial charge in [0, 0.05) is 18.8 Å². The smallest absolute Gasteiger partial charge is 0.226 e. The molecule has 2 N–H and O–H groups in total. The first kappa shape index (κ1) is 17.9. The molecule has 5 heteroatoms. The Morgan fingerprint density at radius 2 is 1.93 bits per heavy atom. The van der Waals surface area contributed by atoms with E-state index in [4.69, 9.17) is 15.2 Å². The lowest BCUT2D eigenvalue weighted by Gasteiger charge is -2.45. The Morgan fingerprint density at radius 3 is 2.63 bits per heavy atom. The highest BCUT2D eigenvalue weighted by molar-refractivity contribution is 5.79. The number of rotatable bonds is 3. The Labute approximate surface area is 160 Å². The van der Waals surface area contributed by atoms with Gasteiger partial charge in [0.2, 0.25) is 5.91 Å². The molecule has 2 aliphatic heterocycles. The van der Waals surface area contributed by atoms with Crippen molar-refractivity contribution in [1.29, 1.82) is 0 Å². The normalized spacial score (nSPS) is 18.2. The number of hydrogen-bond acceptors (Lipinski definition) is 4. The first-order valence-corrected chi connectivity index (χ1v) is 9.53. The minimum absolute atomic E-state index is 0.167. The van der Waals surface area contributed by atoms with Crippen LogP contribution in [0.2, 0.25) is 0 Å². The van der Waals surface area contributed by atoms with Gasteiger partial charge in [-0.1, -0.05) is 18.2 Å². The van der Waals surface area contributed by atoms with Crippen LogP contribution in [0.4, 0.5) is 5.69 Å². The number of methoxy groups -OCH3 is 1. The summed E-state index contributed by atoms with van der Waals surface area (Å²) in [5, 5.41) is 0. The summed E-state index contributed by atoms with van der Waals surface area (Å²) < 4.78 is 11.6. The van der Waals surface area contributed by atoms with Crippen molar-refractivity contribution in [2.45, 2.75) is 31.3 Å². The molecule has 0 aliphatic carbocycles. The summed E-state index contributed by atoms with van der Waals surface area (Å²) >= 11 is 0. The van der Waals surface area contributed by atoms with Gasteiger partial charge >= 0.3 is 0 Å². The summed E-state index contributed by atoms with van der Waals surface area (Å²) in [6.07, 6.45) is 3.00. The van der Waals surface area contributed by atoms with Gasteiger partial charge in [0.05, 0.1) is 25.7 Å². The van der Waals surface area contributed by atoms with Crippen LogP contribution in [0.25, 0.3) is 0 Å². The van der Waals surface area contributed by atoms with Crippen LogP contribution in [0.1, 0.15) is 29.5 Å². The summed E-state index contributed by atoms with van der Waals surface area (Å²) in [5.74, 6) is 1.06. The second-order valence-electron chi connectivity index (χ2n) is 7.41. The molecule has 2 aromatic carbocycles. The van der Waals surface area contributed by atoms with E-state index in [0.717, 1.165) is 56.0 Å². The maximum Gasteiger partial charge on any atom is 0.226 e. The van der Waals surface area contributed by atoms with E-state index < -0.39 is 0 Å². The van der Waals surface area contributed by atoms with Crippen LogP contribution in [0.3, 0.4) is 0 Å². The molecular formula is C22H26N2O3. The number of anilines is 1. The SMILES string of the molecule is COc1ccc2c(c1)CCOC21CCN(C(=O)Cc2ccc(N)cc2)CC1. The fourth-order valence-corrected chi connectivity index (χ4v) is 4.24. The van der Waals surface area contributed by atoms with E-state index in [1.54, 1.807) is 7.11 Å². The fraction of sp³-hybridized carbons (Fsp3) is 0.409. The Hall–Kier alpha value is -2.53. The van der Waals surface area contributed by atoms with Gasteiger partial charge in [-0.05, 0) is 60.2 Å². The van der Waals surface area contributed by atoms with E-state index in [2.05, 4.69) is 12.1 Å². The second-order valence-corrected chi connectivity index (χ2v) is 7.41. The number of fused-ring (bicyclic) bond motifs is 2. The summed E-state index contributed by atoms with van der Waals surface area (Å²) in [6.45, 7) is 2.16. The summed E-state index contributed by atoms with van der Waals surface area (Å²) in [4.78, 5) is 14.7. The molecule has 1 saturated heterocycles. The van der Waals surface area contributed by atoms with Crippen molar-refractivity contribution in [3.63, 3.8) is 0 Å². The van der Waals surface area contributed by atoms with Crippen molar-refractivity contribution in [2.24, 2.45) is 0 Å². The van der Waals surface area contributed by atoms with Gasteiger partial charge in [-0.3, -0.25) is 4.79 Å². The third kappa shape index (κ3) is 3.52. The molecule has 1 fully saturated rings. The molecular weight excluding hydrogens is 340 g/mol. The molecule has 0 aromatic heterocycles. The number of amides is 1. The van der Waals surface area contributed by atoms with Crippen LogP contribution in [-0.4, -0.2) is 37.6 Å². The Kier molecular flexibility index (Phi) is 4.79. The maximum atomic E-state index is 12.7. The van der Waals surface area contributed by atoms with Gasteiger partial charge in [0.1, 0.15) is 5.75 Å². The Bertz CT molecular complexity index is 824. The fourth-order valence-electron chi connectivity index (χ4n) is 4.24. The monoisotopic (exact) mass is 366 g/mol. The third-order valence-corrected chi connectivity index (χ3v) is 5.81. The number of likely N-dealkylation sites (tertiary alicyclic amines) is 1. The number of nitrogen functional groups attached to an aromatic ring is 1. The van der Waals surface area contributed by atoms with Crippen molar-refractivity contribution >= 4 is 11.6 Å². The zero-order chi connectivity index (χ0) is 18.9. The molecule has 2 heterocycles. The van der Waals surface area contributed by atoms with Crippen LogP contribution in [0.5, 0.6) is 5.75 Å². The minimum Gasteiger partial charge on any atom is -0.497 e. The second kappa shape index (κ2) is 7.24. The van der Waals surface area contributed by atoms with Gasteiger partial charge in [0.15, 0.2) is 0 Å². The first-order valence-electron chi connectivity index (χ1n) is 9.53. The summed E-state index contributed by atoms with van der Waals surface area (Å²) in [5.41, 5.74) is 9.74. The van der Waals surface area contributed by atoms with Crippen molar-refractivity contribution in [3.8, 4) is 5.75 Å². The lowest BCUT2D eigenvalue weighted by atomic mass is 9.79. The molecule has 0 unspecified atom stereocenters. The van der Waals surface area contributed by atoms with E-state index in [1.165, 1.54) is 11.1 Å². The molecule has 27 heavy (non-hydrogen) atoms. The number of hydrogen-bond donors (Lipinski definition) is 1. The molecule has 2 aromatic rings. The maximum absolute atomic E-state index is 12.7. The van der Waals surface area contributed by atoms with Crippen molar-refractivity contribution < 1.29 is 14.3 Å². The highest BCUT2D eigenvalue weighted by Gasteiger charge is 2.41. The van der Waals surface area contributed by atoms with Gasteiger partial charge < -0.3 is 20.1 Å². The van der Waals surface area contributed by atoms with E-state index in [0.29, 0.717) is 6.42 Å². The molecule has 0 atom stereocenters. The number of piperidine rings is 1. The molecule has 1 amide bonds. The van der Waals surface area contributed by atoms with Crippen LogP contribution in [-0.2, 0) is 28.0 Å². The van der Waals surface area contributed by atoms with E-state index in [1.807, 2.05) is 35.2 Å². The van der Waals surface area contributed by atoms with Gasteiger partial charge in [-0.25, -0.2) is 0 Å². The van der Waals surface area contributed by atoms with Gasteiger partial charge in [-0.2, -0.15) is 0 Å². The van der Waals surface area contributed by atoms with Crippen molar-refractivity contribution in [2.75, 3.05) is 32.5 Å². The van der Waals surface area contributed by atoms with Crippen molar-refractivity contribution in [3.05, 3.63) is 59.2 Å². The van der Waals surface area contributed by atoms with Gasteiger partial charge in [0.25, 0.3) is 0 Å². The van der Waals surface area contributed by atoms with Crippen LogP contribution in [0.15, 0.2) is 42.5 Å². The molecule has 5 nitrogen and oxygen atoms in total. The lowest BCUT2D eigenvalue weighted by Crippen LogP contribution is -2.48. The molecule has 0 radical (unpaired) electrons. The molecule has 4 rings (SSSR count). The predicted octanol–water partition coefficient (Wildman–Crippen LogP) is 2.91. The zero-order valence-corrected chi connectivity index (χ0v) is 15.7. The van der Waals surface area contributed by atoms with Crippen LogP contribution in [0, 0.1) is 0 Å². The predicted molar refractivity (Wildman–Crippen MR) is 105 cm³/mol. The standard InChI is InChI=1S/C22H26N2O3/c1-26-19-6-7-20-17(15-19)8-13-27-22(20)9-11-24(12-10-22)21(25)14-16-2-4-18(23)5-3-16/h2-7,15H,8-14,23H2,1H3. The van der Waals surface area contributed by atoms with Crippen LogP contribution >= 0.6 is 0 Å². The quantitative estimate of drug-likeness (QED) is 0.849. The topological polar surface area (TPSA) is 64.8 Å². The largest absolute Gasteiger partial charge is 0.497 e. The minimum atomic E-state index is -0.266. The molecule has 0 saturated carbocycles. The molecule has 0 bridgehead atoms. The highest BCUT2D eigenvalue weighted by Crippen LogP contribution is 2.42. The number of carbonyl (C=O) groups is 1. The number of benzene rings is 2. The Balaban J connectivity index is 1.44. The van der Waals surface area contributed by atoms with Crippen molar-refractivity contribution in [1.82, 2.24) is 4.90 Å². The Morgan fingerprint density at radius 1 is 1.19 bits per heavy atom. The average Bonchev–Trinajstić information content (AvgIpc) is 2.70. The number of nitrogens with two attached hydrogens (primary N) is 1. The first-order chi connectivity index (χ1) is 13.1. The highest BCUT2D eigenvalue weighted by atomic mass is 16.5. The van der Waals surface area contributed by atoms with E-state index in [-0.39, 0.29) is 11.5 Å². The third-order valence-electron chi connectivity index (χ3n) is 5.81. The summed E-state index contributed by atoms with van der Waals surface area (Å²) in [7, 11) is 1.70. The molecule has 2 aliphatic rings. The van der Waals surface area contributed by atoms with E-state index in [9.17, 15) is 4.79 Å². The summed E-state index contributed by atoms with van der Waals surface area (Å²) in [6, 6.07) is 13.8. The van der Waals surface area contributed by atoms with Crippen LogP contribution < -0.4 is 10.5 Å². The number of ether oxygens (including phenoxy) is 2. The lowest BCUT2D eigenvalue weighted by molar-refractivity contribution is -0.140. The van der Waals surface area contributed by atoms with E-state index >= 15 is 0 Å². The molecule has 1 spiro atoms.